The topological polar surface area (TPSA) is 83.5 Å². The summed E-state index contributed by atoms with van der Waals surface area (Å²) in [6.07, 6.45) is 2.51. The van der Waals surface area contributed by atoms with Gasteiger partial charge in [-0.2, -0.15) is 0 Å². The third-order valence-corrected chi connectivity index (χ3v) is 4.84. The van der Waals surface area contributed by atoms with Gasteiger partial charge in [-0.05, 0) is 30.5 Å². The summed E-state index contributed by atoms with van der Waals surface area (Å²) in [7, 11) is -3.48. The number of benzene rings is 1. The van der Waals surface area contributed by atoms with Crippen LogP contribution in [0.3, 0.4) is 0 Å². The number of sulfone groups is 1. The van der Waals surface area contributed by atoms with Crippen molar-refractivity contribution in [3.05, 3.63) is 28.8 Å². The first-order valence-electron chi connectivity index (χ1n) is 6.68. The second-order valence-corrected chi connectivity index (χ2v) is 7.31. The van der Waals surface area contributed by atoms with Gasteiger partial charge in [0.15, 0.2) is 9.84 Å². The SMILES string of the molecule is CCC(CCO)CNC(=O)c1ccc(Cl)c(S(C)(=O)=O)c1. The summed E-state index contributed by atoms with van der Waals surface area (Å²) in [6, 6.07) is 4.16. The quantitative estimate of drug-likeness (QED) is 0.798. The molecule has 1 atom stereocenters. The minimum atomic E-state index is -3.48. The van der Waals surface area contributed by atoms with Gasteiger partial charge in [-0.15, -0.1) is 0 Å². The van der Waals surface area contributed by atoms with E-state index in [-0.39, 0.29) is 33.9 Å². The van der Waals surface area contributed by atoms with E-state index in [2.05, 4.69) is 5.32 Å². The van der Waals surface area contributed by atoms with E-state index in [9.17, 15) is 13.2 Å². The maximum atomic E-state index is 12.0. The predicted octanol–water partition coefficient (Wildman–Crippen LogP) is 1.88. The van der Waals surface area contributed by atoms with Gasteiger partial charge in [0.05, 0.1) is 9.92 Å². The Hall–Kier alpha value is -1.11. The fourth-order valence-electron chi connectivity index (χ4n) is 1.90. The molecule has 1 aromatic rings. The monoisotopic (exact) mass is 333 g/mol. The molecule has 0 aliphatic heterocycles. The third kappa shape index (κ3) is 5.30. The van der Waals surface area contributed by atoms with E-state index in [4.69, 9.17) is 16.7 Å². The van der Waals surface area contributed by atoms with Crippen molar-refractivity contribution in [3.8, 4) is 0 Å². The molecule has 0 spiro atoms. The standard InChI is InChI=1S/C14H20ClNO4S/c1-3-10(6-7-17)9-16-14(18)11-4-5-12(15)13(8-11)21(2,19)20/h4-5,8,10,17H,3,6-7,9H2,1-2H3,(H,16,18). The van der Waals surface area contributed by atoms with Gasteiger partial charge in [0.1, 0.15) is 0 Å². The number of carbonyl (C=O) groups excluding carboxylic acids is 1. The highest BCUT2D eigenvalue weighted by molar-refractivity contribution is 7.90. The van der Waals surface area contributed by atoms with Gasteiger partial charge in [0.25, 0.3) is 5.91 Å². The lowest BCUT2D eigenvalue weighted by Gasteiger charge is -2.14. The third-order valence-electron chi connectivity index (χ3n) is 3.26. The Kier molecular flexibility index (Phi) is 6.64. The second kappa shape index (κ2) is 7.77. The van der Waals surface area contributed by atoms with E-state index in [0.717, 1.165) is 12.7 Å². The lowest BCUT2D eigenvalue weighted by molar-refractivity contribution is 0.0943. The first-order valence-corrected chi connectivity index (χ1v) is 8.95. The molecular weight excluding hydrogens is 314 g/mol. The summed E-state index contributed by atoms with van der Waals surface area (Å²) in [5.41, 5.74) is 0.249. The fraction of sp³-hybridized carbons (Fsp3) is 0.500. The van der Waals surface area contributed by atoms with Crippen molar-refractivity contribution in [1.82, 2.24) is 5.32 Å². The van der Waals surface area contributed by atoms with Crippen LogP contribution in [0.5, 0.6) is 0 Å². The molecule has 1 unspecified atom stereocenters. The molecule has 0 aliphatic rings. The summed E-state index contributed by atoms with van der Waals surface area (Å²) < 4.78 is 23.2. The first-order chi connectivity index (χ1) is 9.79. The zero-order valence-corrected chi connectivity index (χ0v) is 13.7. The van der Waals surface area contributed by atoms with E-state index in [1.54, 1.807) is 0 Å². The maximum absolute atomic E-state index is 12.0. The van der Waals surface area contributed by atoms with Crippen molar-refractivity contribution in [1.29, 1.82) is 0 Å². The van der Waals surface area contributed by atoms with Crippen LogP contribution in [0.15, 0.2) is 23.1 Å². The highest BCUT2D eigenvalue weighted by atomic mass is 35.5. The Morgan fingerprint density at radius 1 is 1.43 bits per heavy atom. The lowest BCUT2D eigenvalue weighted by atomic mass is 10.0. The predicted molar refractivity (Wildman–Crippen MR) is 82.4 cm³/mol. The van der Waals surface area contributed by atoms with Crippen LogP contribution in [0, 0.1) is 5.92 Å². The zero-order chi connectivity index (χ0) is 16.0. The van der Waals surface area contributed by atoms with Crippen LogP contribution in [-0.4, -0.2) is 38.8 Å². The van der Waals surface area contributed by atoms with E-state index in [0.29, 0.717) is 13.0 Å². The second-order valence-electron chi connectivity index (χ2n) is 4.91. The molecule has 1 aromatic carbocycles. The largest absolute Gasteiger partial charge is 0.396 e. The van der Waals surface area contributed by atoms with Gasteiger partial charge >= 0.3 is 0 Å². The van der Waals surface area contributed by atoms with Crippen LogP contribution < -0.4 is 5.32 Å². The Morgan fingerprint density at radius 3 is 2.62 bits per heavy atom. The molecule has 0 aliphatic carbocycles. The molecule has 118 valence electrons. The summed E-state index contributed by atoms with van der Waals surface area (Å²) in [5.74, 6) is -0.159. The van der Waals surface area contributed by atoms with Crippen molar-refractivity contribution in [2.24, 2.45) is 5.92 Å². The number of nitrogens with one attached hydrogen (secondary N) is 1. The molecule has 0 fully saturated rings. The molecule has 7 heteroatoms. The maximum Gasteiger partial charge on any atom is 0.251 e. The molecule has 0 radical (unpaired) electrons. The normalized spacial score (nSPS) is 13.0. The number of rotatable bonds is 7. The van der Waals surface area contributed by atoms with Crippen LogP contribution in [-0.2, 0) is 9.84 Å². The highest BCUT2D eigenvalue weighted by Gasteiger charge is 2.16. The molecule has 5 nitrogen and oxygen atoms in total. The number of carbonyl (C=O) groups is 1. The molecule has 21 heavy (non-hydrogen) atoms. The van der Waals surface area contributed by atoms with Gasteiger partial charge in [-0.25, -0.2) is 8.42 Å². The Bertz CT molecular complexity index is 601. The minimum Gasteiger partial charge on any atom is -0.396 e. The van der Waals surface area contributed by atoms with Crippen molar-refractivity contribution in [2.75, 3.05) is 19.4 Å². The number of aliphatic hydroxyl groups excluding tert-OH is 1. The van der Waals surface area contributed by atoms with E-state index >= 15 is 0 Å². The minimum absolute atomic E-state index is 0.0563. The number of amides is 1. The summed E-state index contributed by atoms with van der Waals surface area (Å²) in [5, 5.41) is 11.8. The van der Waals surface area contributed by atoms with Crippen molar-refractivity contribution in [3.63, 3.8) is 0 Å². The number of hydrogen-bond donors (Lipinski definition) is 2. The average Bonchev–Trinajstić information content (AvgIpc) is 2.42. The Balaban J connectivity index is 2.84. The molecule has 2 N–H and O–H groups in total. The number of halogens is 1. The van der Waals surface area contributed by atoms with Crippen LogP contribution in [0.1, 0.15) is 30.1 Å². The smallest absolute Gasteiger partial charge is 0.251 e. The first kappa shape index (κ1) is 17.9. The number of aliphatic hydroxyl groups is 1. The molecule has 1 rings (SSSR count). The molecule has 0 saturated heterocycles. The van der Waals surface area contributed by atoms with E-state index in [1.165, 1.54) is 18.2 Å². The van der Waals surface area contributed by atoms with Crippen molar-refractivity contribution >= 4 is 27.3 Å². The molecule has 0 aromatic heterocycles. The fourth-order valence-corrected chi connectivity index (χ4v) is 3.20. The molecule has 0 bridgehead atoms. The molecule has 1 amide bonds. The summed E-state index contributed by atoms with van der Waals surface area (Å²) >= 11 is 5.84. The molecular formula is C14H20ClNO4S. The van der Waals surface area contributed by atoms with E-state index in [1.807, 2.05) is 6.92 Å². The number of hydrogen-bond acceptors (Lipinski definition) is 4. The average molecular weight is 334 g/mol. The highest BCUT2D eigenvalue weighted by Crippen LogP contribution is 2.22. The van der Waals surface area contributed by atoms with E-state index < -0.39 is 9.84 Å². The Labute approximate surface area is 130 Å². The van der Waals surface area contributed by atoms with Crippen LogP contribution in [0.2, 0.25) is 5.02 Å². The van der Waals surface area contributed by atoms with Crippen molar-refractivity contribution in [2.45, 2.75) is 24.7 Å². The zero-order valence-electron chi connectivity index (χ0n) is 12.1. The summed E-state index contributed by atoms with van der Waals surface area (Å²) in [4.78, 5) is 12.0. The molecule has 0 saturated carbocycles. The summed E-state index contributed by atoms with van der Waals surface area (Å²) in [6.45, 7) is 2.50. The van der Waals surface area contributed by atoms with Gasteiger partial charge in [-0.1, -0.05) is 24.9 Å². The molecule has 0 heterocycles. The van der Waals surface area contributed by atoms with Crippen LogP contribution >= 0.6 is 11.6 Å². The Morgan fingerprint density at radius 2 is 2.10 bits per heavy atom. The van der Waals surface area contributed by atoms with Gasteiger partial charge < -0.3 is 10.4 Å². The van der Waals surface area contributed by atoms with Gasteiger partial charge in [-0.3, -0.25) is 4.79 Å². The van der Waals surface area contributed by atoms with Crippen molar-refractivity contribution < 1.29 is 18.3 Å². The van der Waals surface area contributed by atoms with Crippen LogP contribution in [0.4, 0.5) is 0 Å². The lowest BCUT2D eigenvalue weighted by Crippen LogP contribution is -2.29. The van der Waals surface area contributed by atoms with Crippen LogP contribution in [0.25, 0.3) is 0 Å². The van der Waals surface area contributed by atoms with Gasteiger partial charge in [0.2, 0.25) is 0 Å². The van der Waals surface area contributed by atoms with Gasteiger partial charge in [0, 0.05) is 25.0 Å².